The average Bonchev–Trinajstić information content (AvgIpc) is 2.65. The molecular weight excluding hydrogens is 296 g/mol. The molecule has 0 amide bonds. The SMILES string of the molecule is CC(C)S(=O)(=O)NCCc1ccc(S(N)(=O)=O)s1. The molecule has 0 fully saturated rings. The van der Waals surface area contributed by atoms with E-state index in [2.05, 4.69) is 4.72 Å². The molecule has 104 valence electrons. The Balaban J connectivity index is 2.59. The first-order chi connectivity index (χ1) is 8.13. The molecule has 0 aliphatic heterocycles. The minimum Gasteiger partial charge on any atom is -0.224 e. The Morgan fingerprint density at radius 2 is 1.89 bits per heavy atom. The van der Waals surface area contributed by atoms with Crippen LogP contribution in [-0.4, -0.2) is 28.6 Å². The molecule has 3 N–H and O–H groups in total. The number of hydrogen-bond donors (Lipinski definition) is 2. The highest BCUT2D eigenvalue weighted by Gasteiger charge is 2.15. The predicted molar refractivity (Wildman–Crippen MR) is 71.5 cm³/mol. The van der Waals surface area contributed by atoms with Crippen molar-refractivity contribution >= 4 is 31.4 Å². The molecule has 9 heteroatoms. The van der Waals surface area contributed by atoms with Gasteiger partial charge in [-0.05, 0) is 32.4 Å². The van der Waals surface area contributed by atoms with Gasteiger partial charge in [0.05, 0.1) is 5.25 Å². The zero-order chi connectivity index (χ0) is 14.0. The number of rotatable bonds is 6. The molecule has 0 unspecified atom stereocenters. The maximum Gasteiger partial charge on any atom is 0.247 e. The molecule has 0 aliphatic carbocycles. The van der Waals surface area contributed by atoms with Crippen LogP contribution in [0.25, 0.3) is 0 Å². The van der Waals surface area contributed by atoms with Crippen LogP contribution in [0.3, 0.4) is 0 Å². The molecule has 0 saturated carbocycles. The zero-order valence-corrected chi connectivity index (χ0v) is 12.5. The fraction of sp³-hybridized carbons (Fsp3) is 0.556. The Bertz CT molecular complexity index is 602. The second-order valence-electron chi connectivity index (χ2n) is 4.00. The van der Waals surface area contributed by atoms with Crippen molar-refractivity contribution < 1.29 is 16.8 Å². The van der Waals surface area contributed by atoms with Gasteiger partial charge in [-0.15, -0.1) is 11.3 Å². The minimum absolute atomic E-state index is 0.0872. The Kier molecular flexibility index (Phi) is 4.90. The molecule has 0 spiro atoms. The lowest BCUT2D eigenvalue weighted by atomic mass is 10.3. The van der Waals surface area contributed by atoms with Gasteiger partial charge in [0, 0.05) is 11.4 Å². The Hall–Kier alpha value is -0.480. The maximum absolute atomic E-state index is 11.5. The summed E-state index contributed by atoms with van der Waals surface area (Å²) in [5, 5.41) is 4.49. The highest BCUT2D eigenvalue weighted by molar-refractivity contribution is 7.91. The van der Waals surface area contributed by atoms with E-state index in [-0.39, 0.29) is 10.8 Å². The number of nitrogens with two attached hydrogens (primary N) is 1. The number of nitrogens with one attached hydrogen (secondary N) is 1. The number of primary sulfonamides is 1. The van der Waals surface area contributed by atoms with Crippen LogP contribution in [0.1, 0.15) is 18.7 Å². The molecule has 18 heavy (non-hydrogen) atoms. The van der Waals surface area contributed by atoms with Gasteiger partial charge >= 0.3 is 0 Å². The molecule has 0 bridgehead atoms. The lowest BCUT2D eigenvalue weighted by molar-refractivity contribution is 0.572. The van der Waals surface area contributed by atoms with Gasteiger partial charge in [0.1, 0.15) is 4.21 Å². The number of thiophene rings is 1. The molecule has 0 radical (unpaired) electrons. The van der Waals surface area contributed by atoms with Crippen molar-refractivity contribution in [3.63, 3.8) is 0 Å². The van der Waals surface area contributed by atoms with Gasteiger partial charge in [0.15, 0.2) is 0 Å². The van der Waals surface area contributed by atoms with Crippen molar-refractivity contribution in [1.82, 2.24) is 4.72 Å². The molecule has 1 rings (SSSR count). The molecule has 0 aliphatic rings. The maximum atomic E-state index is 11.5. The third-order valence-electron chi connectivity index (χ3n) is 2.21. The van der Waals surface area contributed by atoms with Crippen LogP contribution < -0.4 is 9.86 Å². The van der Waals surface area contributed by atoms with E-state index in [0.717, 1.165) is 16.2 Å². The first-order valence-electron chi connectivity index (χ1n) is 5.23. The van der Waals surface area contributed by atoms with Gasteiger partial charge < -0.3 is 0 Å². The summed E-state index contributed by atoms with van der Waals surface area (Å²) in [7, 11) is -6.95. The number of hydrogen-bond acceptors (Lipinski definition) is 5. The van der Waals surface area contributed by atoms with E-state index in [1.54, 1.807) is 19.9 Å². The average molecular weight is 312 g/mol. The van der Waals surface area contributed by atoms with Crippen LogP contribution in [0.2, 0.25) is 0 Å². The molecule has 1 aromatic rings. The molecule has 0 saturated heterocycles. The van der Waals surface area contributed by atoms with Crippen LogP contribution in [0.4, 0.5) is 0 Å². The van der Waals surface area contributed by atoms with Gasteiger partial charge in [-0.2, -0.15) is 0 Å². The van der Waals surface area contributed by atoms with Crippen molar-refractivity contribution in [3.8, 4) is 0 Å². The Morgan fingerprint density at radius 1 is 1.28 bits per heavy atom. The predicted octanol–water partition coefficient (Wildman–Crippen LogP) is 0.266. The second-order valence-corrected chi connectivity index (χ2v) is 9.28. The molecule has 1 heterocycles. The summed E-state index contributed by atoms with van der Waals surface area (Å²) in [4.78, 5) is 0.769. The Labute approximate surface area is 111 Å². The van der Waals surface area contributed by atoms with Gasteiger partial charge in [-0.1, -0.05) is 0 Å². The van der Waals surface area contributed by atoms with E-state index < -0.39 is 25.3 Å². The minimum atomic E-state index is -3.67. The molecule has 1 aromatic heterocycles. The highest BCUT2D eigenvalue weighted by Crippen LogP contribution is 2.20. The number of sulfonamides is 2. The van der Waals surface area contributed by atoms with Gasteiger partial charge in [-0.25, -0.2) is 26.7 Å². The molecule has 6 nitrogen and oxygen atoms in total. The smallest absolute Gasteiger partial charge is 0.224 e. The van der Waals surface area contributed by atoms with E-state index in [4.69, 9.17) is 5.14 Å². The van der Waals surface area contributed by atoms with Crippen molar-refractivity contribution in [2.45, 2.75) is 29.7 Å². The third-order valence-corrected chi connectivity index (χ3v) is 6.64. The van der Waals surface area contributed by atoms with Gasteiger partial charge in [0.2, 0.25) is 20.0 Å². The highest BCUT2D eigenvalue weighted by atomic mass is 32.2. The largest absolute Gasteiger partial charge is 0.247 e. The fourth-order valence-electron chi connectivity index (χ4n) is 1.13. The summed E-state index contributed by atoms with van der Waals surface area (Å²) in [5.41, 5.74) is 0. The van der Waals surface area contributed by atoms with E-state index in [0.29, 0.717) is 6.42 Å². The van der Waals surface area contributed by atoms with E-state index in [1.807, 2.05) is 0 Å². The summed E-state index contributed by atoms with van der Waals surface area (Å²) >= 11 is 1.05. The topological polar surface area (TPSA) is 106 Å². The van der Waals surface area contributed by atoms with Crippen molar-refractivity contribution in [1.29, 1.82) is 0 Å². The van der Waals surface area contributed by atoms with Crippen LogP contribution in [0.15, 0.2) is 16.3 Å². The van der Waals surface area contributed by atoms with Crippen LogP contribution in [-0.2, 0) is 26.5 Å². The lowest BCUT2D eigenvalue weighted by Gasteiger charge is -2.08. The van der Waals surface area contributed by atoms with Crippen LogP contribution in [0.5, 0.6) is 0 Å². The molecular formula is C9H16N2O4S3. The fourth-order valence-corrected chi connectivity index (χ4v) is 3.63. The summed E-state index contributed by atoms with van der Waals surface area (Å²) in [6.07, 6.45) is 0.437. The van der Waals surface area contributed by atoms with E-state index >= 15 is 0 Å². The standard InChI is InChI=1S/C9H16N2O4S3/c1-7(2)18(14,15)11-6-5-8-3-4-9(16-8)17(10,12)13/h3-4,7,11H,5-6H2,1-2H3,(H2,10,12,13). The summed E-state index contributed by atoms with van der Waals surface area (Å²) in [5.74, 6) is 0. The quantitative estimate of drug-likeness (QED) is 0.786. The molecule has 0 aromatic carbocycles. The summed E-state index contributed by atoms with van der Waals surface area (Å²) in [6.45, 7) is 3.42. The summed E-state index contributed by atoms with van der Waals surface area (Å²) in [6, 6.07) is 3.06. The third kappa shape index (κ3) is 4.32. The van der Waals surface area contributed by atoms with Crippen molar-refractivity contribution in [3.05, 3.63) is 17.0 Å². The van der Waals surface area contributed by atoms with Crippen molar-refractivity contribution in [2.24, 2.45) is 5.14 Å². The van der Waals surface area contributed by atoms with Gasteiger partial charge in [0.25, 0.3) is 0 Å². The second kappa shape index (κ2) is 5.66. The van der Waals surface area contributed by atoms with E-state index in [9.17, 15) is 16.8 Å². The van der Waals surface area contributed by atoms with Gasteiger partial charge in [-0.3, -0.25) is 0 Å². The zero-order valence-electron chi connectivity index (χ0n) is 10.1. The first-order valence-corrected chi connectivity index (χ1v) is 9.14. The summed E-state index contributed by atoms with van der Waals surface area (Å²) < 4.78 is 47.6. The van der Waals surface area contributed by atoms with Crippen LogP contribution in [0, 0.1) is 0 Å². The lowest BCUT2D eigenvalue weighted by Crippen LogP contribution is -2.32. The normalized spacial score (nSPS) is 13.1. The Morgan fingerprint density at radius 3 is 2.33 bits per heavy atom. The monoisotopic (exact) mass is 312 g/mol. The van der Waals surface area contributed by atoms with Crippen LogP contribution >= 0.6 is 11.3 Å². The molecule has 0 atom stereocenters. The van der Waals surface area contributed by atoms with E-state index in [1.165, 1.54) is 6.07 Å². The first kappa shape index (κ1) is 15.6. The van der Waals surface area contributed by atoms with Crippen molar-refractivity contribution in [2.75, 3.05) is 6.54 Å².